The van der Waals surface area contributed by atoms with Crippen molar-refractivity contribution < 1.29 is 4.79 Å². The predicted octanol–water partition coefficient (Wildman–Crippen LogP) is 2.48. The zero-order valence-corrected chi connectivity index (χ0v) is 11.4. The number of carbonyl (C=O) groups is 1. The first kappa shape index (κ1) is 11.6. The van der Waals surface area contributed by atoms with Gasteiger partial charge in [-0.1, -0.05) is 0 Å². The molecule has 0 aliphatic carbocycles. The molecule has 1 aliphatic heterocycles. The lowest BCUT2D eigenvalue weighted by atomic mass is 10.1. The second-order valence-electron chi connectivity index (χ2n) is 4.69. The highest BCUT2D eigenvalue weighted by Crippen LogP contribution is 2.34. The molecule has 94 valence electrons. The average molecular weight is 261 g/mol. The van der Waals surface area contributed by atoms with Gasteiger partial charge in [-0.2, -0.15) is 0 Å². The summed E-state index contributed by atoms with van der Waals surface area (Å²) in [4.78, 5) is 24.7. The molecular weight excluding hydrogens is 246 g/mol. The second kappa shape index (κ2) is 4.31. The molecule has 0 aromatic carbocycles. The summed E-state index contributed by atoms with van der Waals surface area (Å²) < 4.78 is 0. The molecule has 3 rings (SSSR count). The minimum atomic E-state index is 0.356. The van der Waals surface area contributed by atoms with Crippen molar-refractivity contribution in [3.05, 3.63) is 16.8 Å². The molecule has 0 saturated carbocycles. The van der Waals surface area contributed by atoms with E-state index in [1.807, 2.05) is 0 Å². The van der Waals surface area contributed by atoms with Crippen molar-refractivity contribution in [2.45, 2.75) is 26.7 Å². The Hall–Kier alpha value is -1.49. The third-order valence-corrected chi connectivity index (χ3v) is 4.68. The minimum Gasteiger partial charge on any atom is -0.355 e. The first-order valence-corrected chi connectivity index (χ1v) is 6.96. The molecule has 0 bridgehead atoms. The van der Waals surface area contributed by atoms with Crippen LogP contribution >= 0.6 is 11.3 Å². The van der Waals surface area contributed by atoms with E-state index in [1.165, 1.54) is 10.4 Å². The summed E-state index contributed by atoms with van der Waals surface area (Å²) in [6.45, 7) is 5.79. The van der Waals surface area contributed by atoms with Crippen LogP contribution in [0.3, 0.4) is 0 Å². The molecular formula is C13H15N3OS. The number of anilines is 1. The fourth-order valence-electron chi connectivity index (χ4n) is 2.37. The summed E-state index contributed by atoms with van der Waals surface area (Å²) in [7, 11) is 0. The molecule has 5 heteroatoms. The SMILES string of the molecule is Cc1sc2ncnc(N3CCC(=O)CC3)c2c1C. The Bertz CT molecular complexity index is 610. The topological polar surface area (TPSA) is 46.1 Å². The fraction of sp³-hybridized carbons (Fsp3) is 0.462. The number of fused-ring (bicyclic) bond motifs is 1. The van der Waals surface area contributed by atoms with Gasteiger partial charge in [0, 0.05) is 30.8 Å². The van der Waals surface area contributed by atoms with Crippen LogP contribution in [0, 0.1) is 13.8 Å². The monoisotopic (exact) mass is 261 g/mol. The second-order valence-corrected chi connectivity index (χ2v) is 5.89. The summed E-state index contributed by atoms with van der Waals surface area (Å²) in [6, 6.07) is 0. The normalized spacial score (nSPS) is 16.6. The Morgan fingerprint density at radius 1 is 1.22 bits per heavy atom. The molecule has 3 heterocycles. The van der Waals surface area contributed by atoms with Gasteiger partial charge in [-0.3, -0.25) is 4.79 Å². The van der Waals surface area contributed by atoms with E-state index in [2.05, 4.69) is 28.7 Å². The molecule has 0 atom stereocenters. The lowest BCUT2D eigenvalue weighted by molar-refractivity contribution is -0.119. The maximum Gasteiger partial charge on any atom is 0.141 e. The number of hydrogen-bond donors (Lipinski definition) is 0. The van der Waals surface area contributed by atoms with Crippen LogP contribution in [0.1, 0.15) is 23.3 Å². The highest BCUT2D eigenvalue weighted by atomic mass is 32.1. The van der Waals surface area contributed by atoms with Gasteiger partial charge in [0.1, 0.15) is 22.8 Å². The van der Waals surface area contributed by atoms with Gasteiger partial charge in [-0.15, -0.1) is 11.3 Å². The average Bonchev–Trinajstić information content (AvgIpc) is 2.66. The van der Waals surface area contributed by atoms with E-state index in [1.54, 1.807) is 17.7 Å². The Labute approximate surface area is 110 Å². The summed E-state index contributed by atoms with van der Waals surface area (Å²) >= 11 is 1.71. The van der Waals surface area contributed by atoms with Gasteiger partial charge in [0.15, 0.2) is 0 Å². The molecule has 1 fully saturated rings. The largest absolute Gasteiger partial charge is 0.355 e. The molecule has 2 aromatic heterocycles. The molecule has 0 spiro atoms. The van der Waals surface area contributed by atoms with E-state index < -0.39 is 0 Å². The summed E-state index contributed by atoms with van der Waals surface area (Å²) in [5, 5.41) is 1.16. The number of thiophene rings is 1. The zero-order chi connectivity index (χ0) is 12.7. The van der Waals surface area contributed by atoms with E-state index in [4.69, 9.17) is 0 Å². The molecule has 18 heavy (non-hydrogen) atoms. The van der Waals surface area contributed by atoms with Gasteiger partial charge < -0.3 is 4.90 Å². The summed E-state index contributed by atoms with van der Waals surface area (Å²) in [5.74, 6) is 1.35. The van der Waals surface area contributed by atoms with E-state index >= 15 is 0 Å². The van der Waals surface area contributed by atoms with Crippen LogP contribution in [0.5, 0.6) is 0 Å². The van der Waals surface area contributed by atoms with Gasteiger partial charge in [0.2, 0.25) is 0 Å². The van der Waals surface area contributed by atoms with Crippen LogP contribution in [0.2, 0.25) is 0 Å². The van der Waals surface area contributed by atoms with E-state index in [0.29, 0.717) is 18.6 Å². The smallest absolute Gasteiger partial charge is 0.141 e. The number of hydrogen-bond acceptors (Lipinski definition) is 5. The standard InChI is InChI=1S/C13H15N3OS/c1-8-9(2)18-13-11(8)12(14-7-15-13)16-5-3-10(17)4-6-16/h7H,3-6H2,1-2H3. The van der Waals surface area contributed by atoms with Crippen molar-refractivity contribution in [1.29, 1.82) is 0 Å². The molecule has 1 saturated heterocycles. The third kappa shape index (κ3) is 1.79. The maximum atomic E-state index is 11.3. The summed E-state index contributed by atoms with van der Waals surface area (Å²) in [5.41, 5.74) is 1.27. The Morgan fingerprint density at radius 2 is 1.94 bits per heavy atom. The number of nitrogens with zero attached hydrogens (tertiary/aromatic N) is 3. The predicted molar refractivity (Wildman–Crippen MR) is 73.3 cm³/mol. The molecule has 2 aromatic rings. The number of Topliss-reactive ketones (excluding diaryl/α,β-unsaturated/α-hetero) is 1. The van der Waals surface area contributed by atoms with Gasteiger partial charge in [-0.25, -0.2) is 9.97 Å². The number of rotatable bonds is 1. The third-order valence-electron chi connectivity index (χ3n) is 3.57. The van der Waals surface area contributed by atoms with E-state index in [0.717, 1.165) is 29.1 Å². The molecule has 0 amide bonds. The fourth-order valence-corrected chi connectivity index (χ4v) is 3.36. The number of ketones is 1. The van der Waals surface area contributed by atoms with Gasteiger partial charge in [0.25, 0.3) is 0 Å². The van der Waals surface area contributed by atoms with E-state index in [-0.39, 0.29) is 0 Å². The number of aromatic nitrogens is 2. The number of piperidine rings is 1. The van der Waals surface area contributed by atoms with Crippen LogP contribution in [0.4, 0.5) is 5.82 Å². The lowest BCUT2D eigenvalue weighted by Gasteiger charge is -2.27. The first-order valence-electron chi connectivity index (χ1n) is 6.14. The van der Waals surface area contributed by atoms with Gasteiger partial charge in [0.05, 0.1) is 5.39 Å². The Balaban J connectivity index is 2.08. The molecule has 0 N–H and O–H groups in total. The van der Waals surface area contributed by atoms with Crippen LogP contribution < -0.4 is 4.90 Å². The van der Waals surface area contributed by atoms with Crippen molar-refractivity contribution in [2.24, 2.45) is 0 Å². The van der Waals surface area contributed by atoms with Crippen LogP contribution in [-0.2, 0) is 4.79 Å². The molecule has 1 aliphatic rings. The number of aryl methyl sites for hydroxylation is 2. The quantitative estimate of drug-likeness (QED) is 0.791. The highest BCUT2D eigenvalue weighted by Gasteiger charge is 2.21. The van der Waals surface area contributed by atoms with Crippen molar-refractivity contribution in [1.82, 2.24) is 9.97 Å². The van der Waals surface area contributed by atoms with Crippen molar-refractivity contribution in [3.8, 4) is 0 Å². The highest BCUT2D eigenvalue weighted by molar-refractivity contribution is 7.18. The number of carbonyl (C=O) groups excluding carboxylic acids is 1. The zero-order valence-electron chi connectivity index (χ0n) is 10.6. The van der Waals surface area contributed by atoms with Crippen LogP contribution in [0.15, 0.2) is 6.33 Å². The molecule has 0 unspecified atom stereocenters. The van der Waals surface area contributed by atoms with Crippen molar-refractivity contribution >= 4 is 33.2 Å². The molecule has 4 nitrogen and oxygen atoms in total. The Kier molecular flexibility index (Phi) is 2.78. The van der Waals surface area contributed by atoms with Crippen LogP contribution in [0.25, 0.3) is 10.2 Å². The summed E-state index contributed by atoms with van der Waals surface area (Å²) in [6.07, 6.45) is 2.89. The molecule has 0 radical (unpaired) electrons. The minimum absolute atomic E-state index is 0.356. The first-order chi connectivity index (χ1) is 8.66. The maximum absolute atomic E-state index is 11.3. The van der Waals surface area contributed by atoms with Crippen LogP contribution in [-0.4, -0.2) is 28.8 Å². The van der Waals surface area contributed by atoms with E-state index in [9.17, 15) is 4.79 Å². The van der Waals surface area contributed by atoms with Crippen molar-refractivity contribution in [2.75, 3.05) is 18.0 Å². The lowest BCUT2D eigenvalue weighted by Crippen LogP contribution is -2.34. The van der Waals surface area contributed by atoms with Gasteiger partial charge in [-0.05, 0) is 19.4 Å². The van der Waals surface area contributed by atoms with Crippen molar-refractivity contribution in [3.63, 3.8) is 0 Å². The van der Waals surface area contributed by atoms with Gasteiger partial charge >= 0.3 is 0 Å². The Morgan fingerprint density at radius 3 is 2.67 bits per heavy atom.